The van der Waals surface area contributed by atoms with E-state index in [1.54, 1.807) is 0 Å². The van der Waals surface area contributed by atoms with Gasteiger partial charge in [-0.3, -0.25) is 0 Å². The molecule has 3 aromatic carbocycles. The Labute approximate surface area is 166 Å². The normalized spacial score (nSPS) is 13.4. The molecule has 0 aliphatic rings. The molecule has 2 heterocycles. The Bertz CT molecular complexity index is 1260. The van der Waals surface area contributed by atoms with E-state index >= 15 is 0 Å². The minimum absolute atomic E-state index is 0.00755. The van der Waals surface area contributed by atoms with E-state index in [2.05, 4.69) is 111 Å². The van der Waals surface area contributed by atoms with Crippen molar-refractivity contribution in [1.82, 2.24) is 9.13 Å². The van der Waals surface area contributed by atoms with Crippen molar-refractivity contribution in [1.29, 1.82) is 0 Å². The summed E-state index contributed by atoms with van der Waals surface area (Å²) in [5, 5.41) is 5.36. The Balaban J connectivity index is 2.08. The van der Waals surface area contributed by atoms with Crippen LogP contribution in [0.1, 0.15) is 41.5 Å². The van der Waals surface area contributed by atoms with E-state index in [0.717, 1.165) is 0 Å². The van der Waals surface area contributed by atoms with Crippen LogP contribution in [0, 0.1) is 0 Å². The van der Waals surface area contributed by atoms with Crippen molar-refractivity contribution in [3.05, 3.63) is 60.7 Å². The van der Waals surface area contributed by atoms with Crippen LogP contribution in [0.2, 0.25) is 0 Å². The minimum atomic E-state index is 0.00755. The second kappa shape index (κ2) is 5.41. The molecule has 5 aromatic rings. The molecule has 0 bridgehead atoms. The third kappa shape index (κ3) is 2.27. The first-order valence-electron chi connectivity index (χ1n) is 10.2. The van der Waals surface area contributed by atoms with Gasteiger partial charge in [0.05, 0.1) is 11.0 Å². The van der Waals surface area contributed by atoms with Crippen molar-refractivity contribution in [2.45, 2.75) is 52.6 Å². The minimum Gasteiger partial charge on any atom is -0.335 e. The quantitative estimate of drug-likeness (QED) is 0.269. The van der Waals surface area contributed by atoms with Crippen molar-refractivity contribution in [2.24, 2.45) is 0 Å². The molecule has 28 heavy (non-hydrogen) atoms. The summed E-state index contributed by atoms with van der Waals surface area (Å²) in [6.07, 6.45) is 0. The molecule has 0 saturated heterocycles. The molecule has 0 amide bonds. The van der Waals surface area contributed by atoms with E-state index in [0.29, 0.717) is 0 Å². The van der Waals surface area contributed by atoms with Crippen LogP contribution < -0.4 is 0 Å². The third-order valence-electron chi connectivity index (χ3n) is 5.81. The fourth-order valence-corrected chi connectivity index (χ4v) is 4.88. The highest BCUT2D eigenvalue weighted by Gasteiger charge is 2.24. The fraction of sp³-hybridized carbons (Fsp3) is 0.308. The van der Waals surface area contributed by atoms with E-state index in [1.165, 1.54) is 43.6 Å². The van der Waals surface area contributed by atoms with E-state index in [-0.39, 0.29) is 11.1 Å². The van der Waals surface area contributed by atoms with E-state index in [9.17, 15) is 0 Å². The third-order valence-corrected chi connectivity index (χ3v) is 5.81. The number of fused-ring (bicyclic) bond motifs is 6. The number of rotatable bonds is 0. The molecule has 0 aliphatic heterocycles. The summed E-state index contributed by atoms with van der Waals surface area (Å²) >= 11 is 0. The van der Waals surface area contributed by atoms with Crippen LogP contribution in [0.4, 0.5) is 0 Å². The zero-order valence-corrected chi connectivity index (χ0v) is 17.7. The molecule has 5 rings (SSSR count). The SMILES string of the molecule is CC(C)(C)n1c2ccccc2c2cc3c4ccccc4n(C(C)(C)C)c3cc21. The number of benzene rings is 3. The predicted octanol–water partition coefficient (Wildman–Crippen LogP) is 7.41. The number of hydrogen-bond donors (Lipinski definition) is 0. The molecule has 0 radical (unpaired) electrons. The van der Waals surface area contributed by atoms with Gasteiger partial charge in [0.1, 0.15) is 0 Å². The molecular formula is C26H28N2. The molecule has 0 saturated carbocycles. The first kappa shape index (κ1) is 17.4. The van der Waals surface area contributed by atoms with Gasteiger partial charge in [0.2, 0.25) is 0 Å². The summed E-state index contributed by atoms with van der Waals surface area (Å²) in [6.45, 7) is 13.8. The second-order valence-electron chi connectivity index (χ2n) is 9.93. The van der Waals surface area contributed by atoms with Gasteiger partial charge in [0, 0.05) is 43.7 Å². The van der Waals surface area contributed by atoms with Crippen molar-refractivity contribution in [3.63, 3.8) is 0 Å². The van der Waals surface area contributed by atoms with Crippen LogP contribution >= 0.6 is 0 Å². The zero-order chi connectivity index (χ0) is 19.8. The van der Waals surface area contributed by atoms with Gasteiger partial charge in [-0.15, -0.1) is 0 Å². The zero-order valence-electron chi connectivity index (χ0n) is 17.7. The molecule has 2 nitrogen and oxygen atoms in total. The maximum Gasteiger partial charge on any atom is 0.0517 e. The van der Waals surface area contributed by atoms with Gasteiger partial charge in [0.25, 0.3) is 0 Å². The van der Waals surface area contributed by atoms with Crippen LogP contribution in [-0.4, -0.2) is 9.13 Å². The van der Waals surface area contributed by atoms with Gasteiger partial charge >= 0.3 is 0 Å². The van der Waals surface area contributed by atoms with Crippen LogP contribution in [0.25, 0.3) is 43.6 Å². The highest BCUT2D eigenvalue weighted by Crippen LogP contribution is 2.40. The van der Waals surface area contributed by atoms with Crippen LogP contribution in [0.3, 0.4) is 0 Å². The summed E-state index contributed by atoms with van der Waals surface area (Å²) in [4.78, 5) is 0. The summed E-state index contributed by atoms with van der Waals surface area (Å²) in [6, 6.07) is 22.4. The number of para-hydroxylation sites is 2. The van der Waals surface area contributed by atoms with Crippen LogP contribution in [-0.2, 0) is 11.1 Å². The Morgan fingerprint density at radius 1 is 0.464 bits per heavy atom. The largest absolute Gasteiger partial charge is 0.335 e. The molecule has 0 aliphatic carbocycles. The standard InChI is InChI=1S/C26H28N2/c1-25(2,3)27-21-13-9-7-11-17(21)19-15-20-18-12-8-10-14-22(18)28(26(4,5)6)24(20)16-23(19)27/h7-16H,1-6H3. The van der Waals surface area contributed by atoms with E-state index in [1.807, 2.05) is 0 Å². The lowest BCUT2D eigenvalue weighted by Crippen LogP contribution is -2.22. The van der Waals surface area contributed by atoms with Crippen molar-refractivity contribution in [3.8, 4) is 0 Å². The monoisotopic (exact) mass is 368 g/mol. The Kier molecular flexibility index (Phi) is 3.35. The highest BCUT2D eigenvalue weighted by atomic mass is 15.1. The van der Waals surface area contributed by atoms with Gasteiger partial charge < -0.3 is 9.13 Å². The molecule has 0 unspecified atom stereocenters. The molecule has 142 valence electrons. The molecule has 0 N–H and O–H groups in total. The maximum absolute atomic E-state index is 2.50. The molecule has 0 spiro atoms. The molecule has 2 heteroatoms. The Morgan fingerprint density at radius 3 is 1.25 bits per heavy atom. The lowest BCUT2D eigenvalue weighted by Gasteiger charge is -2.26. The maximum atomic E-state index is 2.50. The first-order chi connectivity index (χ1) is 13.2. The van der Waals surface area contributed by atoms with E-state index in [4.69, 9.17) is 0 Å². The highest BCUT2D eigenvalue weighted by molar-refractivity contribution is 6.18. The van der Waals surface area contributed by atoms with Gasteiger partial charge in [-0.1, -0.05) is 36.4 Å². The van der Waals surface area contributed by atoms with Gasteiger partial charge in [-0.25, -0.2) is 0 Å². The van der Waals surface area contributed by atoms with Gasteiger partial charge in [-0.05, 0) is 65.8 Å². The van der Waals surface area contributed by atoms with E-state index < -0.39 is 0 Å². The van der Waals surface area contributed by atoms with Crippen LogP contribution in [0.15, 0.2) is 60.7 Å². The smallest absolute Gasteiger partial charge is 0.0517 e. The molecule has 2 aromatic heterocycles. The van der Waals surface area contributed by atoms with Gasteiger partial charge in [-0.2, -0.15) is 0 Å². The van der Waals surface area contributed by atoms with Crippen molar-refractivity contribution in [2.75, 3.05) is 0 Å². The lowest BCUT2D eigenvalue weighted by molar-refractivity contribution is 0.421. The Morgan fingerprint density at radius 2 is 0.857 bits per heavy atom. The predicted molar refractivity (Wildman–Crippen MR) is 122 cm³/mol. The second-order valence-corrected chi connectivity index (χ2v) is 9.93. The first-order valence-corrected chi connectivity index (χ1v) is 10.2. The summed E-state index contributed by atoms with van der Waals surface area (Å²) < 4.78 is 5.00. The lowest BCUT2D eigenvalue weighted by atomic mass is 10.1. The summed E-state index contributed by atoms with van der Waals surface area (Å²) in [5.74, 6) is 0. The molecule has 0 atom stereocenters. The summed E-state index contributed by atoms with van der Waals surface area (Å²) in [7, 11) is 0. The van der Waals surface area contributed by atoms with Crippen molar-refractivity contribution < 1.29 is 0 Å². The molecular weight excluding hydrogens is 340 g/mol. The number of aromatic nitrogens is 2. The van der Waals surface area contributed by atoms with Gasteiger partial charge in [0.15, 0.2) is 0 Å². The number of hydrogen-bond acceptors (Lipinski definition) is 0. The molecule has 0 fully saturated rings. The average Bonchev–Trinajstić information content (AvgIpc) is 3.11. The Hall–Kier alpha value is -2.74. The average molecular weight is 369 g/mol. The summed E-state index contributed by atoms with van der Waals surface area (Å²) in [5.41, 5.74) is 5.26. The number of nitrogens with zero attached hydrogens (tertiary/aromatic N) is 2. The van der Waals surface area contributed by atoms with Crippen LogP contribution in [0.5, 0.6) is 0 Å². The topological polar surface area (TPSA) is 9.86 Å². The van der Waals surface area contributed by atoms with Crippen molar-refractivity contribution >= 4 is 43.6 Å². The fourth-order valence-electron chi connectivity index (χ4n) is 4.88.